The zero-order valence-corrected chi connectivity index (χ0v) is 9.06. The molecular formula is C9H8ClN3S. The maximum atomic E-state index is 5.86. The first-order valence-electron chi connectivity index (χ1n) is 4.09. The van der Waals surface area contributed by atoms with Crippen molar-refractivity contribution in [1.82, 2.24) is 4.98 Å². The molecule has 5 heteroatoms. The largest absolute Gasteiger partial charge is 0.253 e. The molecular weight excluding hydrogens is 218 g/mol. The summed E-state index contributed by atoms with van der Waals surface area (Å²) in [6, 6.07) is 5.63. The fourth-order valence-electron chi connectivity index (χ4n) is 1.07. The Morgan fingerprint density at radius 3 is 3.21 bits per heavy atom. The highest BCUT2D eigenvalue weighted by Crippen LogP contribution is 2.27. The van der Waals surface area contributed by atoms with Crippen LogP contribution in [0.2, 0.25) is 5.02 Å². The van der Waals surface area contributed by atoms with Gasteiger partial charge in [0, 0.05) is 11.2 Å². The van der Waals surface area contributed by atoms with Crippen LogP contribution in [0.25, 0.3) is 10.2 Å². The van der Waals surface area contributed by atoms with E-state index >= 15 is 0 Å². The van der Waals surface area contributed by atoms with Crippen molar-refractivity contribution in [2.75, 3.05) is 5.43 Å². The van der Waals surface area contributed by atoms with Crippen molar-refractivity contribution < 1.29 is 0 Å². The second-order valence-corrected chi connectivity index (χ2v) is 4.10. The fourth-order valence-corrected chi connectivity index (χ4v) is 2.16. The Labute approximate surface area is 90.4 Å². The molecule has 1 aromatic heterocycles. The lowest BCUT2D eigenvalue weighted by atomic mass is 10.3. The van der Waals surface area contributed by atoms with Gasteiger partial charge in [0.15, 0.2) is 0 Å². The molecule has 2 aromatic rings. The van der Waals surface area contributed by atoms with Crippen molar-refractivity contribution >= 4 is 44.5 Å². The lowest BCUT2D eigenvalue weighted by Crippen LogP contribution is -1.85. The average Bonchev–Trinajstić information content (AvgIpc) is 2.56. The van der Waals surface area contributed by atoms with E-state index in [4.69, 9.17) is 11.6 Å². The molecule has 1 heterocycles. The maximum absolute atomic E-state index is 5.86. The first kappa shape index (κ1) is 9.43. The first-order valence-corrected chi connectivity index (χ1v) is 5.29. The van der Waals surface area contributed by atoms with Gasteiger partial charge in [-0.3, -0.25) is 5.43 Å². The lowest BCUT2D eigenvalue weighted by molar-refractivity contribution is 1.31. The Kier molecular flexibility index (Phi) is 2.65. The summed E-state index contributed by atoms with van der Waals surface area (Å²) in [4.78, 5) is 4.33. The molecule has 0 bridgehead atoms. The minimum atomic E-state index is 0.728. The van der Waals surface area contributed by atoms with Crippen LogP contribution in [-0.4, -0.2) is 11.2 Å². The van der Waals surface area contributed by atoms with Crippen LogP contribution in [0.5, 0.6) is 0 Å². The van der Waals surface area contributed by atoms with E-state index in [0.717, 1.165) is 20.4 Å². The van der Waals surface area contributed by atoms with Crippen molar-refractivity contribution in [3.8, 4) is 0 Å². The van der Waals surface area contributed by atoms with Gasteiger partial charge in [0.1, 0.15) is 0 Å². The number of thiazole rings is 1. The highest BCUT2D eigenvalue weighted by atomic mass is 35.5. The Balaban J connectivity index is 2.41. The summed E-state index contributed by atoms with van der Waals surface area (Å²) < 4.78 is 1.06. The van der Waals surface area contributed by atoms with Gasteiger partial charge in [-0.15, -0.1) is 0 Å². The summed E-state index contributed by atoms with van der Waals surface area (Å²) in [5.41, 5.74) is 3.78. The van der Waals surface area contributed by atoms with E-state index < -0.39 is 0 Å². The Bertz CT molecular complexity index is 478. The first-order chi connectivity index (χ1) is 6.79. The van der Waals surface area contributed by atoms with Crippen LogP contribution in [0.1, 0.15) is 6.92 Å². The molecule has 2 rings (SSSR count). The third-order valence-electron chi connectivity index (χ3n) is 1.64. The number of nitrogens with one attached hydrogen (secondary N) is 1. The number of hydrazone groups is 1. The summed E-state index contributed by atoms with van der Waals surface area (Å²) >= 11 is 7.39. The molecule has 3 nitrogen and oxygen atoms in total. The van der Waals surface area contributed by atoms with Gasteiger partial charge in [-0.2, -0.15) is 5.10 Å². The molecule has 0 atom stereocenters. The smallest absolute Gasteiger partial charge is 0.204 e. The van der Waals surface area contributed by atoms with E-state index in [2.05, 4.69) is 15.5 Å². The Morgan fingerprint density at radius 2 is 2.43 bits per heavy atom. The molecule has 0 saturated heterocycles. The monoisotopic (exact) mass is 225 g/mol. The third-order valence-corrected chi connectivity index (χ3v) is 2.80. The van der Waals surface area contributed by atoms with E-state index in [0.29, 0.717) is 0 Å². The predicted molar refractivity (Wildman–Crippen MR) is 62.4 cm³/mol. The number of anilines is 1. The second-order valence-electron chi connectivity index (χ2n) is 2.63. The predicted octanol–water partition coefficient (Wildman–Crippen LogP) is 3.37. The zero-order valence-electron chi connectivity index (χ0n) is 7.49. The molecule has 0 spiro atoms. The van der Waals surface area contributed by atoms with Crippen molar-refractivity contribution in [2.45, 2.75) is 6.92 Å². The number of benzene rings is 1. The van der Waals surface area contributed by atoms with Gasteiger partial charge in [0.05, 0.1) is 10.2 Å². The van der Waals surface area contributed by atoms with Crippen LogP contribution in [0.3, 0.4) is 0 Å². The molecule has 1 aromatic carbocycles. The molecule has 0 aliphatic carbocycles. The number of aromatic nitrogens is 1. The fraction of sp³-hybridized carbons (Fsp3) is 0.111. The van der Waals surface area contributed by atoms with Gasteiger partial charge in [0.2, 0.25) is 5.13 Å². The molecule has 14 heavy (non-hydrogen) atoms. The standard InChI is InChI=1S/C9H8ClN3S/c1-2-11-13-9-12-7-4-3-6(10)5-8(7)14-9/h2-5H,1H3,(H,12,13)/b11-2-. The van der Waals surface area contributed by atoms with Gasteiger partial charge in [0.25, 0.3) is 0 Å². The van der Waals surface area contributed by atoms with E-state index in [-0.39, 0.29) is 0 Å². The van der Waals surface area contributed by atoms with Gasteiger partial charge >= 0.3 is 0 Å². The Hall–Kier alpha value is -1.13. The van der Waals surface area contributed by atoms with Gasteiger partial charge < -0.3 is 0 Å². The van der Waals surface area contributed by atoms with Crippen molar-refractivity contribution in [1.29, 1.82) is 0 Å². The number of fused-ring (bicyclic) bond motifs is 1. The van der Waals surface area contributed by atoms with Crippen LogP contribution in [0.15, 0.2) is 23.3 Å². The maximum Gasteiger partial charge on any atom is 0.204 e. The number of nitrogens with zero attached hydrogens (tertiary/aromatic N) is 2. The molecule has 0 saturated carbocycles. The van der Waals surface area contributed by atoms with E-state index in [9.17, 15) is 0 Å². The molecule has 1 N–H and O–H groups in total. The number of hydrogen-bond acceptors (Lipinski definition) is 4. The molecule has 0 unspecified atom stereocenters. The van der Waals surface area contributed by atoms with E-state index in [1.807, 2.05) is 25.1 Å². The highest BCUT2D eigenvalue weighted by Gasteiger charge is 2.02. The second kappa shape index (κ2) is 3.94. The summed E-state index contributed by atoms with van der Waals surface area (Å²) in [7, 11) is 0. The normalized spacial score (nSPS) is 11.3. The van der Waals surface area contributed by atoms with Crippen LogP contribution in [0.4, 0.5) is 5.13 Å². The lowest BCUT2D eigenvalue weighted by Gasteiger charge is -1.88. The molecule has 0 aliphatic heterocycles. The van der Waals surface area contributed by atoms with E-state index in [1.54, 1.807) is 6.21 Å². The summed E-state index contributed by atoms with van der Waals surface area (Å²) in [5, 5.41) is 5.41. The average molecular weight is 226 g/mol. The summed E-state index contributed by atoms with van der Waals surface area (Å²) in [6.45, 7) is 1.84. The minimum absolute atomic E-state index is 0.728. The van der Waals surface area contributed by atoms with Crippen molar-refractivity contribution in [2.24, 2.45) is 5.10 Å². The third kappa shape index (κ3) is 1.86. The van der Waals surface area contributed by atoms with Crippen LogP contribution in [0, 0.1) is 0 Å². The van der Waals surface area contributed by atoms with Crippen molar-refractivity contribution in [3.05, 3.63) is 23.2 Å². The SMILES string of the molecule is C/C=N\Nc1nc2ccc(Cl)cc2s1. The number of hydrogen-bond donors (Lipinski definition) is 1. The minimum Gasteiger partial charge on any atom is -0.253 e. The van der Waals surface area contributed by atoms with Gasteiger partial charge in [-0.25, -0.2) is 4.98 Å². The van der Waals surface area contributed by atoms with Crippen LogP contribution < -0.4 is 5.43 Å². The number of halogens is 1. The van der Waals surface area contributed by atoms with Gasteiger partial charge in [-0.05, 0) is 25.1 Å². The molecule has 0 amide bonds. The van der Waals surface area contributed by atoms with Gasteiger partial charge in [-0.1, -0.05) is 22.9 Å². The Morgan fingerprint density at radius 1 is 1.57 bits per heavy atom. The molecule has 0 fully saturated rings. The molecule has 72 valence electrons. The quantitative estimate of drug-likeness (QED) is 0.629. The van der Waals surface area contributed by atoms with Crippen LogP contribution in [-0.2, 0) is 0 Å². The van der Waals surface area contributed by atoms with Crippen molar-refractivity contribution in [3.63, 3.8) is 0 Å². The molecule has 0 radical (unpaired) electrons. The van der Waals surface area contributed by atoms with Crippen LogP contribution >= 0.6 is 22.9 Å². The molecule has 0 aliphatic rings. The summed E-state index contributed by atoms with van der Waals surface area (Å²) in [5.74, 6) is 0. The van der Waals surface area contributed by atoms with E-state index in [1.165, 1.54) is 11.3 Å². The zero-order chi connectivity index (χ0) is 9.97. The summed E-state index contributed by atoms with van der Waals surface area (Å²) in [6.07, 6.45) is 1.68. The highest BCUT2D eigenvalue weighted by molar-refractivity contribution is 7.22. The topological polar surface area (TPSA) is 37.3 Å². The number of rotatable bonds is 2.